The molecule has 3 aliphatic rings. The number of unbranched alkanes of at least 4 members (excludes halogenated alkanes) is 3. The second-order valence-corrected chi connectivity index (χ2v) is 17.5. The van der Waals surface area contributed by atoms with Gasteiger partial charge in [-0.1, -0.05) is 68.7 Å². The second-order valence-electron chi connectivity index (χ2n) is 17.5. The van der Waals surface area contributed by atoms with Gasteiger partial charge in [-0.2, -0.15) is 0 Å². The smallest absolute Gasteiger partial charge is 0.407 e. The zero-order valence-electron chi connectivity index (χ0n) is 38.1. The molecule has 8 atom stereocenters. The quantitative estimate of drug-likeness (QED) is 0.0292. The van der Waals surface area contributed by atoms with Crippen molar-refractivity contribution in [3.8, 4) is 0 Å². The number of hydrogen-bond acceptors (Lipinski definition) is 13. The zero-order valence-corrected chi connectivity index (χ0v) is 38.1. The number of allylic oxidation sites excluding steroid dienone is 1. The third kappa shape index (κ3) is 16.8. The summed E-state index contributed by atoms with van der Waals surface area (Å²) in [6.45, 7) is 12.4. The molecule has 1 aliphatic carbocycles. The van der Waals surface area contributed by atoms with Crippen LogP contribution in [0.2, 0.25) is 0 Å². The first kappa shape index (κ1) is 51.0. The second kappa shape index (κ2) is 25.0. The lowest BCUT2D eigenvalue weighted by atomic mass is 9.68. The largest absolute Gasteiger partial charge is 0.447 e. The van der Waals surface area contributed by atoms with Gasteiger partial charge in [0.2, 0.25) is 17.7 Å². The summed E-state index contributed by atoms with van der Waals surface area (Å²) >= 11 is 0. The van der Waals surface area contributed by atoms with Crippen LogP contribution in [0, 0.1) is 11.8 Å². The molecule has 0 bridgehead atoms. The first-order valence-corrected chi connectivity index (χ1v) is 22.3. The molecule has 0 aromatic heterocycles. The minimum absolute atomic E-state index is 0.0264. The highest BCUT2D eigenvalue weighted by Crippen LogP contribution is 2.59. The third-order valence-electron chi connectivity index (χ3n) is 11.8. The Bertz CT molecular complexity index is 1700. The zero-order chi connectivity index (χ0) is 46.0. The fourth-order valence-electron chi connectivity index (χ4n) is 7.98. The summed E-state index contributed by atoms with van der Waals surface area (Å²) in [5.74, 6) is -1.53. The Morgan fingerprint density at radius 1 is 0.873 bits per heavy atom. The molecule has 63 heavy (non-hydrogen) atoms. The number of epoxide rings is 2. The lowest BCUT2D eigenvalue weighted by Gasteiger charge is -2.42. The maximum absolute atomic E-state index is 13.2. The normalized spacial score (nSPS) is 24.3. The Hall–Kier alpha value is -4.62. The van der Waals surface area contributed by atoms with Crippen LogP contribution in [-0.4, -0.2) is 130 Å². The van der Waals surface area contributed by atoms with Crippen LogP contribution in [-0.2, 0) is 49.3 Å². The molecule has 352 valence electrons. The molecule has 0 radical (unpaired) electrons. The topological polar surface area (TPSA) is 239 Å². The van der Waals surface area contributed by atoms with Crippen molar-refractivity contribution in [1.29, 1.82) is 0 Å². The summed E-state index contributed by atoms with van der Waals surface area (Å²) in [6.07, 6.45) is 5.70. The van der Waals surface area contributed by atoms with Gasteiger partial charge >= 0.3 is 12.2 Å². The molecule has 18 heteroatoms. The number of hydrogen-bond donors (Lipinski definition) is 7. The van der Waals surface area contributed by atoms with Crippen molar-refractivity contribution in [3.63, 3.8) is 0 Å². The lowest BCUT2D eigenvalue weighted by molar-refractivity contribution is -0.128. The van der Waals surface area contributed by atoms with E-state index in [0.29, 0.717) is 39.0 Å². The Morgan fingerprint density at radius 3 is 2.19 bits per heavy atom. The van der Waals surface area contributed by atoms with Crippen molar-refractivity contribution in [2.24, 2.45) is 11.8 Å². The molecule has 5 amide bonds. The van der Waals surface area contributed by atoms with Crippen LogP contribution in [0.3, 0.4) is 0 Å². The van der Waals surface area contributed by atoms with Gasteiger partial charge in [0.1, 0.15) is 41.8 Å². The highest BCUT2D eigenvalue weighted by molar-refractivity contribution is 5.89. The summed E-state index contributed by atoms with van der Waals surface area (Å²) < 4.78 is 29.7. The standard InChI is InChI=1S/C45H71N7O11/c1-29(2)17-18-36-44(6,63-36)40-39(59-7)35(19-20-45(40)28-61-45)62-43(58)51-34(30(3)4)27-60-42(57)47-22-14-9-8-13-21-46-38(55)26-50-52-33(23-32-15-11-10-12-16-32)41(56)49-25-37(54)48-24-31(5)53/h10-12,15-17,30,33-36,39-40,50,52H,8-9,13-14,18-28H2,1-7H3,(H,46,55)(H,47,57)(H,48,54)(H,49,56)(H,51,58)/t33-,34-,35?,36+,39?,40?,44?,45-/m0/s1. The predicted octanol–water partition coefficient (Wildman–Crippen LogP) is 2.74. The Morgan fingerprint density at radius 2 is 1.56 bits per heavy atom. The van der Waals surface area contributed by atoms with E-state index in [1.165, 1.54) is 12.5 Å². The molecule has 2 aliphatic heterocycles. The van der Waals surface area contributed by atoms with Gasteiger partial charge in [-0.3, -0.25) is 19.2 Å². The Balaban J connectivity index is 1.07. The molecule has 7 N–H and O–H groups in total. The average Bonchev–Trinajstić information content (AvgIpc) is 4.17. The van der Waals surface area contributed by atoms with Crippen LogP contribution < -0.4 is 37.4 Å². The molecule has 1 aromatic rings. The number of alkyl carbamates (subject to hydrolysis) is 2. The molecule has 3 fully saturated rings. The van der Waals surface area contributed by atoms with Gasteiger partial charge in [0, 0.05) is 20.2 Å². The van der Waals surface area contributed by atoms with Gasteiger partial charge in [-0.05, 0) is 77.7 Å². The van der Waals surface area contributed by atoms with Crippen molar-refractivity contribution in [2.45, 2.75) is 135 Å². The number of ether oxygens (including phenoxy) is 5. The molecular weight excluding hydrogens is 815 g/mol. The number of rotatable bonds is 27. The molecule has 18 nitrogen and oxygen atoms in total. The van der Waals surface area contributed by atoms with Crippen molar-refractivity contribution in [3.05, 3.63) is 47.5 Å². The number of benzene rings is 1. The van der Waals surface area contributed by atoms with Crippen LogP contribution in [0.25, 0.3) is 0 Å². The summed E-state index contributed by atoms with van der Waals surface area (Å²) in [7, 11) is 1.64. The summed E-state index contributed by atoms with van der Waals surface area (Å²) in [4.78, 5) is 74.1. The SMILES string of the molecule is COC1C(OC(=O)N[C@@H](COC(=O)NCCCCCCNC(=O)CNN[C@@H](Cc2ccccc2)C(=O)NCC(=O)NCC(C)=O)C(C)C)CC[C@]2(CO2)C1C1(C)O[C@@H]1CC=C(C)C. The maximum atomic E-state index is 13.2. The number of carbonyl (C=O) groups excluding carboxylic acids is 6. The number of Topliss-reactive ketones (excluding diaryl/α,β-unsaturated/α-hetero) is 1. The van der Waals surface area contributed by atoms with E-state index < -0.39 is 53.9 Å². The van der Waals surface area contributed by atoms with E-state index in [2.05, 4.69) is 64.3 Å². The first-order chi connectivity index (χ1) is 30.1. The minimum Gasteiger partial charge on any atom is -0.447 e. The van der Waals surface area contributed by atoms with Gasteiger partial charge in [-0.15, -0.1) is 0 Å². The number of hydrazine groups is 1. The maximum Gasteiger partial charge on any atom is 0.407 e. The van der Waals surface area contributed by atoms with E-state index in [-0.39, 0.29) is 61.5 Å². The van der Waals surface area contributed by atoms with E-state index in [1.807, 2.05) is 44.2 Å². The van der Waals surface area contributed by atoms with Crippen molar-refractivity contribution >= 4 is 35.7 Å². The molecular formula is C45H71N7O11. The van der Waals surface area contributed by atoms with Crippen LogP contribution in [0.4, 0.5) is 9.59 Å². The van der Waals surface area contributed by atoms with E-state index >= 15 is 0 Å². The molecule has 1 spiro atoms. The molecule has 2 saturated heterocycles. The molecule has 4 rings (SSSR count). The molecule has 4 unspecified atom stereocenters. The highest BCUT2D eigenvalue weighted by atomic mass is 16.6. The Kier molecular flexibility index (Phi) is 20.3. The van der Waals surface area contributed by atoms with Gasteiger partial charge in [-0.25, -0.2) is 20.4 Å². The number of amides is 5. The Labute approximate surface area is 371 Å². The highest BCUT2D eigenvalue weighted by Gasteiger charge is 2.72. The first-order valence-electron chi connectivity index (χ1n) is 22.3. The van der Waals surface area contributed by atoms with Gasteiger partial charge in [0.05, 0.1) is 44.3 Å². The fraction of sp³-hybridized carbons (Fsp3) is 0.689. The summed E-state index contributed by atoms with van der Waals surface area (Å²) in [5.41, 5.74) is 7.03. The van der Waals surface area contributed by atoms with E-state index in [9.17, 15) is 28.8 Å². The number of carbonyl (C=O) groups is 6. The molecule has 2 heterocycles. The van der Waals surface area contributed by atoms with Crippen LogP contribution in [0.1, 0.15) is 92.1 Å². The number of methoxy groups -OCH3 is 1. The van der Waals surface area contributed by atoms with Gasteiger partial charge in [0.15, 0.2) is 0 Å². The van der Waals surface area contributed by atoms with E-state index in [0.717, 1.165) is 37.7 Å². The monoisotopic (exact) mass is 886 g/mol. The lowest BCUT2D eigenvalue weighted by Crippen LogP contribution is -2.56. The van der Waals surface area contributed by atoms with Crippen LogP contribution >= 0.6 is 0 Å². The van der Waals surface area contributed by atoms with Gasteiger partial charge in [0.25, 0.3) is 0 Å². The van der Waals surface area contributed by atoms with E-state index in [4.69, 9.17) is 23.7 Å². The average molecular weight is 886 g/mol. The van der Waals surface area contributed by atoms with Crippen LogP contribution in [0.15, 0.2) is 42.0 Å². The predicted molar refractivity (Wildman–Crippen MR) is 234 cm³/mol. The summed E-state index contributed by atoms with van der Waals surface area (Å²) in [6, 6.07) is 8.06. The molecule has 1 saturated carbocycles. The van der Waals surface area contributed by atoms with Crippen LogP contribution in [0.5, 0.6) is 0 Å². The number of ketones is 1. The van der Waals surface area contributed by atoms with E-state index in [1.54, 1.807) is 7.11 Å². The third-order valence-corrected chi connectivity index (χ3v) is 11.8. The fourth-order valence-corrected chi connectivity index (χ4v) is 7.98. The minimum atomic E-state index is -0.780. The van der Waals surface area contributed by atoms with Crippen molar-refractivity contribution in [2.75, 3.05) is 53.0 Å². The van der Waals surface area contributed by atoms with Crippen molar-refractivity contribution < 1.29 is 52.5 Å². The van der Waals surface area contributed by atoms with Gasteiger partial charge < -0.3 is 50.3 Å². The molecule has 1 aromatic carbocycles. The number of nitrogens with one attached hydrogen (secondary N) is 7. The van der Waals surface area contributed by atoms with Crippen molar-refractivity contribution in [1.82, 2.24) is 37.4 Å². The summed E-state index contributed by atoms with van der Waals surface area (Å²) in [5, 5.41) is 13.5.